The van der Waals surface area contributed by atoms with Crippen LogP contribution >= 0.6 is 11.3 Å². The number of aromatic nitrogens is 1. The molecule has 1 aromatic heterocycles. The second-order valence-corrected chi connectivity index (χ2v) is 5.48. The third-order valence-corrected chi connectivity index (χ3v) is 3.90. The van der Waals surface area contributed by atoms with Crippen molar-refractivity contribution >= 4 is 11.3 Å². The van der Waals surface area contributed by atoms with E-state index in [1.807, 2.05) is 12.3 Å². The molecule has 2 nitrogen and oxygen atoms in total. The molecule has 1 heterocycles. The lowest BCUT2D eigenvalue weighted by molar-refractivity contribution is -0.137. The molecule has 1 unspecified atom stereocenters. The maximum Gasteiger partial charge on any atom is 0.416 e. The van der Waals surface area contributed by atoms with Gasteiger partial charge in [0.15, 0.2) is 0 Å². The van der Waals surface area contributed by atoms with E-state index in [-0.39, 0.29) is 5.56 Å². The molecule has 0 fully saturated rings. The highest BCUT2D eigenvalue weighted by atomic mass is 32.1. The molecule has 0 spiro atoms. The van der Waals surface area contributed by atoms with E-state index in [1.54, 1.807) is 6.92 Å². The molecule has 0 aliphatic rings. The molecular weight excluding hydrogens is 304 g/mol. The van der Waals surface area contributed by atoms with Gasteiger partial charge in [0.25, 0.3) is 0 Å². The predicted molar refractivity (Wildman–Crippen MR) is 73.8 cm³/mol. The van der Waals surface area contributed by atoms with Gasteiger partial charge in [0.2, 0.25) is 0 Å². The number of hydrogen-bond donors (Lipinski definition) is 1. The molecule has 21 heavy (non-hydrogen) atoms. The number of nitrogens with zero attached hydrogens (tertiary/aromatic N) is 1. The van der Waals surface area contributed by atoms with Crippen LogP contribution in [0.3, 0.4) is 0 Å². The summed E-state index contributed by atoms with van der Waals surface area (Å²) < 4.78 is 51.9. The Morgan fingerprint density at radius 1 is 1.29 bits per heavy atom. The summed E-state index contributed by atoms with van der Waals surface area (Å²) in [6, 6.07) is 2.02. The second kappa shape index (κ2) is 6.11. The van der Waals surface area contributed by atoms with Crippen molar-refractivity contribution in [3.63, 3.8) is 0 Å². The summed E-state index contributed by atoms with van der Waals surface area (Å²) >= 11 is 1.33. The summed E-state index contributed by atoms with van der Waals surface area (Å²) in [7, 11) is 0. The normalized spacial score (nSPS) is 13.4. The standard InChI is InChI=1S/C14H14F4N2S/c1-3-19-12(13-20-8(2)7-21-13)9-4-10(14(16,17)18)6-11(15)5-9/h4-7,12,19H,3H2,1-2H3. The lowest BCUT2D eigenvalue weighted by Crippen LogP contribution is -2.22. The first kappa shape index (κ1) is 15.9. The van der Waals surface area contributed by atoms with Crippen LogP contribution in [0, 0.1) is 12.7 Å². The van der Waals surface area contributed by atoms with E-state index in [2.05, 4.69) is 10.3 Å². The maximum atomic E-state index is 13.5. The molecule has 0 saturated carbocycles. The van der Waals surface area contributed by atoms with Gasteiger partial charge in [-0.15, -0.1) is 11.3 Å². The highest BCUT2D eigenvalue weighted by Crippen LogP contribution is 2.33. The zero-order valence-electron chi connectivity index (χ0n) is 11.5. The third-order valence-electron chi connectivity index (χ3n) is 2.87. The van der Waals surface area contributed by atoms with Crippen molar-refractivity contribution in [3.8, 4) is 0 Å². The van der Waals surface area contributed by atoms with Gasteiger partial charge in [-0.25, -0.2) is 9.37 Å². The molecule has 114 valence electrons. The minimum absolute atomic E-state index is 0.221. The molecule has 2 aromatic rings. The molecule has 1 atom stereocenters. The quantitative estimate of drug-likeness (QED) is 0.850. The lowest BCUT2D eigenvalue weighted by atomic mass is 10.0. The van der Waals surface area contributed by atoms with Gasteiger partial charge in [0, 0.05) is 11.1 Å². The van der Waals surface area contributed by atoms with Crippen LogP contribution < -0.4 is 5.32 Å². The number of halogens is 4. The first-order valence-corrected chi connectivity index (χ1v) is 7.22. The van der Waals surface area contributed by atoms with E-state index in [9.17, 15) is 17.6 Å². The summed E-state index contributed by atoms with van der Waals surface area (Å²) in [5.74, 6) is -0.906. The topological polar surface area (TPSA) is 24.9 Å². The van der Waals surface area contributed by atoms with E-state index in [0.717, 1.165) is 17.8 Å². The number of nitrogens with one attached hydrogen (secondary N) is 1. The predicted octanol–water partition coefficient (Wildman–Crippen LogP) is 4.31. The van der Waals surface area contributed by atoms with Crippen LogP contribution in [0.25, 0.3) is 0 Å². The largest absolute Gasteiger partial charge is 0.416 e. The van der Waals surface area contributed by atoms with Crippen LogP contribution in [0.2, 0.25) is 0 Å². The number of rotatable bonds is 4. The fourth-order valence-corrected chi connectivity index (χ4v) is 2.90. The Bertz CT molecular complexity index is 622. The number of alkyl halides is 3. The summed E-state index contributed by atoms with van der Waals surface area (Å²) in [6.07, 6.45) is -4.58. The van der Waals surface area contributed by atoms with Crippen molar-refractivity contribution < 1.29 is 17.6 Å². The van der Waals surface area contributed by atoms with E-state index in [0.29, 0.717) is 17.6 Å². The van der Waals surface area contributed by atoms with Crippen LogP contribution in [0.4, 0.5) is 17.6 Å². The van der Waals surface area contributed by atoms with Gasteiger partial charge in [0.05, 0.1) is 11.6 Å². The Hall–Kier alpha value is -1.47. The number of hydrogen-bond acceptors (Lipinski definition) is 3. The van der Waals surface area contributed by atoms with Gasteiger partial charge in [-0.3, -0.25) is 0 Å². The van der Waals surface area contributed by atoms with E-state index < -0.39 is 23.6 Å². The molecule has 1 N–H and O–H groups in total. The highest BCUT2D eigenvalue weighted by Gasteiger charge is 2.32. The van der Waals surface area contributed by atoms with E-state index in [4.69, 9.17) is 0 Å². The summed E-state index contributed by atoms with van der Waals surface area (Å²) in [5.41, 5.74) is 0.0116. The SMILES string of the molecule is CCNC(c1cc(F)cc(C(F)(F)F)c1)c1nc(C)cs1. The van der Waals surface area contributed by atoms with Crippen LogP contribution in [-0.2, 0) is 6.18 Å². The van der Waals surface area contributed by atoms with Crippen LogP contribution in [0.15, 0.2) is 23.6 Å². The fourth-order valence-electron chi connectivity index (χ4n) is 2.00. The van der Waals surface area contributed by atoms with Gasteiger partial charge < -0.3 is 5.32 Å². The molecule has 2 rings (SSSR count). The van der Waals surface area contributed by atoms with Crippen molar-refractivity contribution in [2.24, 2.45) is 0 Å². The average Bonchev–Trinajstić information content (AvgIpc) is 2.80. The molecule has 0 saturated heterocycles. The van der Waals surface area contributed by atoms with Gasteiger partial charge in [-0.05, 0) is 37.2 Å². The second-order valence-electron chi connectivity index (χ2n) is 4.59. The smallest absolute Gasteiger partial charge is 0.305 e. The van der Waals surface area contributed by atoms with Crippen LogP contribution in [-0.4, -0.2) is 11.5 Å². The monoisotopic (exact) mass is 318 g/mol. The zero-order valence-corrected chi connectivity index (χ0v) is 12.3. The summed E-state index contributed by atoms with van der Waals surface area (Å²) in [4.78, 5) is 4.28. The molecule has 7 heteroatoms. The molecule has 0 aliphatic carbocycles. The fraction of sp³-hybridized carbons (Fsp3) is 0.357. The Balaban J connectivity index is 2.48. The van der Waals surface area contributed by atoms with Crippen LogP contribution in [0.5, 0.6) is 0 Å². The van der Waals surface area contributed by atoms with Crippen molar-refractivity contribution in [2.75, 3.05) is 6.54 Å². The van der Waals surface area contributed by atoms with Gasteiger partial charge in [-0.1, -0.05) is 6.92 Å². The molecule has 0 bridgehead atoms. The summed E-state index contributed by atoms with van der Waals surface area (Å²) in [5, 5.41) is 5.48. The molecular formula is C14H14F4N2S. The minimum Gasteiger partial charge on any atom is -0.305 e. The highest BCUT2D eigenvalue weighted by molar-refractivity contribution is 7.09. The van der Waals surface area contributed by atoms with Gasteiger partial charge in [0.1, 0.15) is 10.8 Å². The van der Waals surface area contributed by atoms with Crippen LogP contribution in [0.1, 0.15) is 34.8 Å². The Kier molecular flexibility index (Phi) is 4.63. The van der Waals surface area contributed by atoms with E-state index >= 15 is 0 Å². The van der Waals surface area contributed by atoms with Crippen molar-refractivity contribution in [1.29, 1.82) is 0 Å². The molecule has 1 aromatic carbocycles. The number of benzene rings is 1. The Morgan fingerprint density at radius 2 is 2.00 bits per heavy atom. The Labute approximate surface area is 123 Å². The van der Waals surface area contributed by atoms with Gasteiger partial charge >= 0.3 is 6.18 Å². The first-order valence-electron chi connectivity index (χ1n) is 6.34. The molecule has 0 aliphatic heterocycles. The Morgan fingerprint density at radius 3 is 2.52 bits per heavy atom. The lowest BCUT2D eigenvalue weighted by Gasteiger charge is -2.18. The molecule has 0 radical (unpaired) electrons. The first-order chi connectivity index (χ1) is 9.81. The number of thiazole rings is 1. The third kappa shape index (κ3) is 3.79. The summed E-state index contributed by atoms with van der Waals surface area (Å²) in [6.45, 7) is 4.16. The van der Waals surface area contributed by atoms with E-state index in [1.165, 1.54) is 11.3 Å². The minimum atomic E-state index is -4.58. The van der Waals surface area contributed by atoms with Crippen molar-refractivity contribution in [1.82, 2.24) is 10.3 Å². The number of aryl methyl sites for hydroxylation is 1. The average molecular weight is 318 g/mol. The molecule has 0 amide bonds. The van der Waals surface area contributed by atoms with Gasteiger partial charge in [-0.2, -0.15) is 13.2 Å². The van der Waals surface area contributed by atoms with Crippen molar-refractivity contribution in [2.45, 2.75) is 26.1 Å². The zero-order chi connectivity index (χ0) is 15.6. The van der Waals surface area contributed by atoms with Crippen molar-refractivity contribution in [3.05, 3.63) is 51.2 Å². The maximum absolute atomic E-state index is 13.5.